The maximum atomic E-state index is 14.5. The van der Waals surface area contributed by atoms with Crippen molar-refractivity contribution in [3.8, 4) is 0 Å². The standard InChI is InChI=1S/C29H36NO5P/c1-23(2)20-27(29(31)32)30-19-18-28(26-16-10-5-11-17-26)36(33,34-21-24-12-6-3-7-13-24)35-22-25-14-8-4-9-15-25/h3-17,23,27-28,30H,18-22H2,1-2H3,(H,31,32)/t27-,28?/m0/s1. The van der Waals surface area contributed by atoms with E-state index in [1.54, 1.807) is 0 Å². The van der Waals surface area contributed by atoms with Gasteiger partial charge < -0.3 is 19.5 Å². The number of carboxylic acids is 1. The number of hydrogen-bond donors (Lipinski definition) is 2. The van der Waals surface area contributed by atoms with E-state index in [0.717, 1.165) is 16.7 Å². The molecule has 0 saturated carbocycles. The predicted octanol–water partition coefficient (Wildman–Crippen LogP) is 6.83. The molecule has 0 aliphatic heterocycles. The highest BCUT2D eigenvalue weighted by molar-refractivity contribution is 7.54. The van der Waals surface area contributed by atoms with Crippen molar-refractivity contribution in [3.05, 3.63) is 108 Å². The lowest BCUT2D eigenvalue weighted by atomic mass is 10.0. The van der Waals surface area contributed by atoms with Gasteiger partial charge in [-0.3, -0.25) is 9.36 Å². The van der Waals surface area contributed by atoms with Gasteiger partial charge in [0, 0.05) is 0 Å². The molecule has 0 radical (unpaired) electrons. The van der Waals surface area contributed by atoms with E-state index < -0.39 is 25.3 Å². The van der Waals surface area contributed by atoms with Crippen molar-refractivity contribution in [3.63, 3.8) is 0 Å². The fourth-order valence-corrected chi connectivity index (χ4v) is 6.09. The number of benzene rings is 3. The summed E-state index contributed by atoms with van der Waals surface area (Å²) in [6, 6.07) is 28.0. The van der Waals surface area contributed by atoms with Gasteiger partial charge in [0.1, 0.15) is 6.04 Å². The SMILES string of the molecule is CC(C)C[C@H](NCCC(c1ccccc1)P(=O)(OCc1ccccc1)OCc1ccccc1)C(=O)O. The van der Waals surface area contributed by atoms with E-state index in [1.165, 1.54) is 0 Å². The first kappa shape index (κ1) is 27.8. The van der Waals surface area contributed by atoms with E-state index in [9.17, 15) is 14.5 Å². The second kappa shape index (κ2) is 14.1. The Morgan fingerprint density at radius 3 is 1.75 bits per heavy atom. The summed E-state index contributed by atoms with van der Waals surface area (Å²) in [7, 11) is -3.68. The molecule has 192 valence electrons. The number of rotatable bonds is 15. The van der Waals surface area contributed by atoms with Crippen molar-refractivity contribution in [1.82, 2.24) is 5.32 Å². The van der Waals surface area contributed by atoms with E-state index in [1.807, 2.05) is 105 Å². The molecular formula is C29H36NO5P. The van der Waals surface area contributed by atoms with Crippen molar-refractivity contribution < 1.29 is 23.5 Å². The van der Waals surface area contributed by atoms with Gasteiger partial charge in [0.2, 0.25) is 0 Å². The minimum atomic E-state index is -3.68. The number of hydrogen-bond acceptors (Lipinski definition) is 5. The van der Waals surface area contributed by atoms with Crippen LogP contribution in [-0.4, -0.2) is 23.7 Å². The first-order valence-electron chi connectivity index (χ1n) is 12.3. The Morgan fingerprint density at radius 2 is 1.31 bits per heavy atom. The average molecular weight is 510 g/mol. The molecule has 0 fully saturated rings. The molecular weight excluding hydrogens is 473 g/mol. The Hall–Kier alpha value is -2.76. The molecule has 0 aliphatic rings. The normalized spacial score (nSPS) is 13.4. The van der Waals surface area contributed by atoms with Crippen LogP contribution in [0.4, 0.5) is 0 Å². The molecule has 0 saturated heterocycles. The molecule has 7 heteroatoms. The average Bonchev–Trinajstić information content (AvgIpc) is 2.89. The molecule has 2 N–H and O–H groups in total. The van der Waals surface area contributed by atoms with Gasteiger partial charge in [0.25, 0.3) is 0 Å². The highest BCUT2D eigenvalue weighted by Gasteiger charge is 2.37. The molecule has 0 spiro atoms. The molecule has 0 amide bonds. The van der Waals surface area contributed by atoms with E-state index in [2.05, 4.69) is 5.32 Å². The van der Waals surface area contributed by atoms with Crippen LogP contribution in [0.1, 0.15) is 49.0 Å². The lowest BCUT2D eigenvalue weighted by Gasteiger charge is -2.28. The Balaban J connectivity index is 1.84. The molecule has 6 nitrogen and oxygen atoms in total. The summed E-state index contributed by atoms with van der Waals surface area (Å²) in [5.74, 6) is -0.651. The fraction of sp³-hybridized carbons (Fsp3) is 0.345. The number of nitrogens with one attached hydrogen (secondary N) is 1. The summed E-state index contributed by atoms with van der Waals surface area (Å²) < 4.78 is 26.7. The van der Waals surface area contributed by atoms with E-state index in [-0.39, 0.29) is 19.1 Å². The molecule has 3 rings (SSSR count). The second-order valence-corrected chi connectivity index (χ2v) is 11.5. The first-order valence-corrected chi connectivity index (χ1v) is 14.0. The maximum absolute atomic E-state index is 14.5. The van der Waals surface area contributed by atoms with Gasteiger partial charge in [-0.15, -0.1) is 0 Å². The van der Waals surface area contributed by atoms with E-state index >= 15 is 0 Å². The zero-order chi connectivity index (χ0) is 25.8. The Kier molecular flexibility index (Phi) is 10.9. The number of carboxylic acid groups (broad SMARTS) is 1. The van der Waals surface area contributed by atoms with Crippen molar-refractivity contribution in [1.29, 1.82) is 0 Å². The first-order chi connectivity index (χ1) is 17.4. The molecule has 1 unspecified atom stereocenters. The Morgan fingerprint density at radius 1 is 0.833 bits per heavy atom. The predicted molar refractivity (Wildman–Crippen MR) is 143 cm³/mol. The zero-order valence-electron chi connectivity index (χ0n) is 21.0. The highest BCUT2D eigenvalue weighted by Crippen LogP contribution is 2.63. The number of carbonyl (C=O) groups is 1. The van der Waals surface area contributed by atoms with Gasteiger partial charge in [-0.2, -0.15) is 0 Å². The minimum absolute atomic E-state index is 0.148. The zero-order valence-corrected chi connectivity index (χ0v) is 21.8. The summed E-state index contributed by atoms with van der Waals surface area (Å²) in [6.45, 7) is 4.64. The van der Waals surface area contributed by atoms with Crippen molar-refractivity contribution in [2.24, 2.45) is 5.92 Å². The lowest BCUT2D eigenvalue weighted by Crippen LogP contribution is -2.38. The Labute approximate surface area is 214 Å². The van der Waals surface area contributed by atoms with Crippen molar-refractivity contribution in [2.75, 3.05) is 6.54 Å². The molecule has 0 heterocycles. The smallest absolute Gasteiger partial charge is 0.338 e. The molecule has 3 aromatic rings. The van der Waals surface area contributed by atoms with Crippen LogP contribution in [0.25, 0.3) is 0 Å². The largest absolute Gasteiger partial charge is 0.480 e. The summed E-state index contributed by atoms with van der Waals surface area (Å²) in [4.78, 5) is 11.7. The topological polar surface area (TPSA) is 84.9 Å². The Bertz CT molecular complexity index is 1040. The quantitative estimate of drug-likeness (QED) is 0.218. The number of aliphatic carboxylic acids is 1. The summed E-state index contributed by atoms with van der Waals surface area (Å²) in [5, 5.41) is 12.8. The van der Waals surface area contributed by atoms with Crippen LogP contribution < -0.4 is 5.32 Å². The van der Waals surface area contributed by atoms with Gasteiger partial charge in [0.15, 0.2) is 0 Å². The third-order valence-corrected chi connectivity index (χ3v) is 8.19. The van der Waals surface area contributed by atoms with Gasteiger partial charge in [-0.05, 0) is 42.0 Å². The summed E-state index contributed by atoms with van der Waals surface area (Å²) >= 11 is 0. The van der Waals surface area contributed by atoms with Gasteiger partial charge in [-0.25, -0.2) is 0 Å². The molecule has 3 aromatic carbocycles. The van der Waals surface area contributed by atoms with Crippen LogP contribution in [0.2, 0.25) is 0 Å². The van der Waals surface area contributed by atoms with Gasteiger partial charge in [-0.1, -0.05) is 105 Å². The molecule has 0 bridgehead atoms. The second-order valence-electron chi connectivity index (χ2n) is 9.25. The summed E-state index contributed by atoms with van der Waals surface area (Å²) in [5.41, 5.74) is 2.06. The van der Waals surface area contributed by atoms with E-state index in [4.69, 9.17) is 9.05 Å². The van der Waals surface area contributed by atoms with Crippen LogP contribution in [-0.2, 0) is 31.6 Å². The van der Waals surface area contributed by atoms with Crippen molar-refractivity contribution >= 4 is 13.6 Å². The lowest BCUT2D eigenvalue weighted by molar-refractivity contribution is -0.139. The van der Waals surface area contributed by atoms with E-state index in [0.29, 0.717) is 19.4 Å². The molecule has 0 aromatic heterocycles. The fourth-order valence-electron chi connectivity index (χ4n) is 4.01. The van der Waals surface area contributed by atoms with Crippen LogP contribution in [0.3, 0.4) is 0 Å². The molecule has 36 heavy (non-hydrogen) atoms. The van der Waals surface area contributed by atoms with Crippen LogP contribution in [0.15, 0.2) is 91.0 Å². The van der Waals surface area contributed by atoms with Gasteiger partial charge in [0.05, 0.1) is 18.9 Å². The third kappa shape index (κ3) is 8.72. The minimum Gasteiger partial charge on any atom is -0.480 e. The molecule has 0 aliphatic carbocycles. The molecule has 2 atom stereocenters. The maximum Gasteiger partial charge on any atom is 0.338 e. The van der Waals surface area contributed by atoms with Crippen molar-refractivity contribution in [2.45, 2.75) is 51.6 Å². The van der Waals surface area contributed by atoms with Crippen LogP contribution in [0, 0.1) is 5.92 Å². The summed E-state index contributed by atoms with van der Waals surface area (Å²) in [6.07, 6.45) is 0.907. The van der Waals surface area contributed by atoms with Gasteiger partial charge >= 0.3 is 13.6 Å². The highest BCUT2D eigenvalue weighted by atomic mass is 31.2. The third-order valence-electron chi connectivity index (χ3n) is 5.89. The van der Waals surface area contributed by atoms with Crippen LogP contribution in [0.5, 0.6) is 0 Å². The van der Waals surface area contributed by atoms with Crippen LogP contribution >= 0.6 is 7.60 Å². The monoisotopic (exact) mass is 509 g/mol.